The maximum Gasteiger partial charge on any atom is 0.194 e. The van der Waals surface area contributed by atoms with Gasteiger partial charge in [0.05, 0.1) is 18.3 Å². The van der Waals surface area contributed by atoms with Crippen LogP contribution in [0.5, 0.6) is 0 Å². The average Bonchev–Trinajstić information content (AvgIpc) is 3.10. The van der Waals surface area contributed by atoms with Crippen molar-refractivity contribution in [2.75, 3.05) is 40.0 Å². The van der Waals surface area contributed by atoms with Crippen LogP contribution >= 0.6 is 24.0 Å². The number of guanidine groups is 1. The molecule has 1 aliphatic heterocycles. The second kappa shape index (κ2) is 12.5. The molecule has 2 rings (SSSR count). The quantitative estimate of drug-likeness (QED) is 0.274. The zero-order valence-electron chi connectivity index (χ0n) is 14.7. The van der Waals surface area contributed by atoms with Gasteiger partial charge >= 0.3 is 0 Å². The predicted molar refractivity (Wildman–Crippen MR) is 106 cm³/mol. The Morgan fingerprint density at radius 2 is 2.21 bits per heavy atom. The van der Waals surface area contributed by atoms with E-state index in [4.69, 9.17) is 14.5 Å². The van der Waals surface area contributed by atoms with E-state index >= 15 is 0 Å². The van der Waals surface area contributed by atoms with E-state index in [2.05, 4.69) is 27.3 Å². The number of H-pyrrole nitrogens is 1. The minimum Gasteiger partial charge on any atom is -0.385 e. The molecule has 24 heavy (non-hydrogen) atoms. The van der Waals surface area contributed by atoms with Crippen molar-refractivity contribution in [1.82, 2.24) is 20.4 Å². The lowest BCUT2D eigenvalue weighted by atomic mass is 10.1. The summed E-state index contributed by atoms with van der Waals surface area (Å²) in [5.41, 5.74) is 1.02. The molecular formula is C16H30IN5O2. The van der Waals surface area contributed by atoms with E-state index in [0.717, 1.165) is 63.8 Å². The number of nitrogens with one attached hydrogen (secondary N) is 2. The molecule has 0 bridgehead atoms. The summed E-state index contributed by atoms with van der Waals surface area (Å²) in [6.45, 7) is 7.09. The van der Waals surface area contributed by atoms with E-state index in [0.29, 0.717) is 12.6 Å². The van der Waals surface area contributed by atoms with Crippen molar-refractivity contribution in [1.29, 1.82) is 0 Å². The van der Waals surface area contributed by atoms with Crippen molar-refractivity contribution in [3.8, 4) is 0 Å². The van der Waals surface area contributed by atoms with Gasteiger partial charge in [-0.1, -0.05) is 0 Å². The molecule has 7 nitrogen and oxygen atoms in total. The molecule has 1 aliphatic rings. The van der Waals surface area contributed by atoms with Crippen LogP contribution in [0.4, 0.5) is 0 Å². The van der Waals surface area contributed by atoms with Crippen LogP contribution in [-0.2, 0) is 16.0 Å². The second-order valence-electron chi connectivity index (χ2n) is 5.66. The average molecular weight is 451 g/mol. The Kier molecular flexibility index (Phi) is 11.0. The number of hydrogen-bond acceptors (Lipinski definition) is 4. The Labute approximate surface area is 161 Å². The van der Waals surface area contributed by atoms with E-state index in [1.54, 1.807) is 13.3 Å². The van der Waals surface area contributed by atoms with Crippen molar-refractivity contribution in [3.63, 3.8) is 0 Å². The van der Waals surface area contributed by atoms with Gasteiger partial charge in [0.2, 0.25) is 0 Å². The second-order valence-corrected chi connectivity index (χ2v) is 5.66. The number of rotatable bonds is 8. The Balaban J connectivity index is 0.00000288. The molecular weight excluding hydrogens is 421 g/mol. The van der Waals surface area contributed by atoms with Gasteiger partial charge in [-0.3, -0.25) is 5.10 Å². The number of likely N-dealkylation sites (tertiary alicyclic amines) is 1. The molecule has 0 spiro atoms. The Hall–Kier alpha value is -0.870. The van der Waals surface area contributed by atoms with Gasteiger partial charge in [0.25, 0.3) is 0 Å². The van der Waals surface area contributed by atoms with Crippen LogP contribution in [0.3, 0.4) is 0 Å². The van der Waals surface area contributed by atoms with Gasteiger partial charge in [0.15, 0.2) is 5.96 Å². The van der Waals surface area contributed by atoms with E-state index < -0.39 is 0 Å². The highest BCUT2D eigenvalue weighted by molar-refractivity contribution is 14.0. The molecule has 1 aromatic heterocycles. The molecule has 2 heterocycles. The fourth-order valence-corrected chi connectivity index (χ4v) is 2.65. The lowest BCUT2D eigenvalue weighted by Crippen LogP contribution is -2.47. The van der Waals surface area contributed by atoms with E-state index in [1.165, 1.54) is 0 Å². The Morgan fingerprint density at radius 1 is 1.42 bits per heavy atom. The van der Waals surface area contributed by atoms with Gasteiger partial charge in [-0.05, 0) is 32.3 Å². The number of aliphatic imine (C=N–C) groups is 1. The van der Waals surface area contributed by atoms with Crippen LogP contribution in [0.2, 0.25) is 0 Å². The Morgan fingerprint density at radius 3 is 2.83 bits per heavy atom. The zero-order valence-corrected chi connectivity index (χ0v) is 17.0. The largest absolute Gasteiger partial charge is 0.385 e. The summed E-state index contributed by atoms with van der Waals surface area (Å²) in [5.74, 6) is 0.972. The lowest BCUT2D eigenvalue weighted by Gasteiger charge is -2.34. The predicted octanol–water partition coefficient (Wildman–Crippen LogP) is 2.01. The molecule has 1 aromatic rings. The van der Waals surface area contributed by atoms with Crippen molar-refractivity contribution >= 4 is 29.9 Å². The van der Waals surface area contributed by atoms with Gasteiger partial charge < -0.3 is 19.7 Å². The van der Waals surface area contributed by atoms with Gasteiger partial charge in [0, 0.05) is 46.2 Å². The highest BCUT2D eigenvalue weighted by Crippen LogP contribution is 2.14. The zero-order chi connectivity index (χ0) is 16.3. The molecule has 138 valence electrons. The summed E-state index contributed by atoms with van der Waals surface area (Å²) >= 11 is 0. The van der Waals surface area contributed by atoms with Gasteiger partial charge in [-0.2, -0.15) is 5.10 Å². The van der Waals surface area contributed by atoms with Crippen LogP contribution in [0.15, 0.2) is 17.3 Å². The monoisotopic (exact) mass is 451 g/mol. The number of piperidine rings is 1. The molecule has 0 unspecified atom stereocenters. The SMILES string of the molecule is CCNC(=NCc1ccn[nH]1)N1CCC(OCCCOC)CC1.I. The Bertz CT molecular complexity index is 447. The van der Waals surface area contributed by atoms with Crippen LogP contribution in [0, 0.1) is 0 Å². The van der Waals surface area contributed by atoms with Gasteiger partial charge in [-0.25, -0.2) is 4.99 Å². The number of hydrogen-bond donors (Lipinski definition) is 2. The number of aromatic amines is 1. The topological polar surface area (TPSA) is 74.8 Å². The number of methoxy groups -OCH3 is 1. The first-order valence-corrected chi connectivity index (χ1v) is 8.45. The third-order valence-electron chi connectivity index (χ3n) is 3.88. The fourth-order valence-electron chi connectivity index (χ4n) is 2.65. The van der Waals surface area contributed by atoms with Crippen molar-refractivity contribution < 1.29 is 9.47 Å². The standard InChI is InChI=1S/C16H29N5O2.HI/c1-3-17-16(18-13-14-5-8-19-20-14)21-9-6-15(7-10-21)23-12-4-11-22-2;/h5,8,15H,3-4,6-7,9-13H2,1-2H3,(H,17,18)(H,19,20);1H. The van der Waals surface area contributed by atoms with Crippen LogP contribution in [0.1, 0.15) is 31.9 Å². The fraction of sp³-hybridized carbons (Fsp3) is 0.750. The number of halogens is 1. The number of aromatic nitrogens is 2. The normalized spacial score (nSPS) is 16.1. The van der Waals surface area contributed by atoms with E-state index in [1.807, 2.05) is 6.07 Å². The maximum absolute atomic E-state index is 5.91. The molecule has 0 aromatic carbocycles. The molecule has 0 atom stereocenters. The molecule has 0 aliphatic carbocycles. The molecule has 0 amide bonds. The van der Waals surface area contributed by atoms with Crippen LogP contribution in [-0.4, -0.2) is 67.1 Å². The van der Waals surface area contributed by atoms with E-state index in [-0.39, 0.29) is 24.0 Å². The van der Waals surface area contributed by atoms with Gasteiger partial charge in [0.1, 0.15) is 0 Å². The summed E-state index contributed by atoms with van der Waals surface area (Å²) in [4.78, 5) is 7.01. The van der Waals surface area contributed by atoms with Crippen molar-refractivity contribution in [2.24, 2.45) is 4.99 Å². The molecule has 1 saturated heterocycles. The van der Waals surface area contributed by atoms with Crippen LogP contribution < -0.4 is 5.32 Å². The highest BCUT2D eigenvalue weighted by atomic mass is 127. The third-order valence-corrected chi connectivity index (χ3v) is 3.88. The highest BCUT2D eigenvalue weighted by Gasteiger charge is 2.21. The first kappa shape index (κ1) is 21.2. The summed E-state index contributed by atoms with van der Waals surface area (Å²) in [6.07, 6.45) is 5.16. The summed E-state index contributed by atoms with van der Waals surface area (Å²) < 4.78 is 11.0. The lowest BCUT2D eigenvalue weighted by molar-refractivity contribution is 0.00990. The number of nitrogens with zero attached hydrogens (tertiary/aromatic N) is 3. The van der Waals surface area contributed by atoms with Crippen molar-refractivity contribution in [2.45, 2.75) is 38.8 Å². The molecule has 2 N–H and O–H groups in total. The van der Waals surface area contributed by atoms with Gasteiger partial charge in [-0.15, -0.1) is 24.0 Å². The molecule has 0 radical (unpaired) electrons. The first-order chi connectivity index (χ1) is 11.3. The van der Waals surface area contributed by atoms with Crippen molar-refractivity contribution in [3.05, 3.63) is 18.0 Å². The summed E-state index contributed by atoms with van der Waals surface area (Å²) in [7, 11) is 1.73. The summed E-state index contributed by atoms with van der Waals surface area (Å²) in [6, 6.07) is 1.95. The number of ether oxygens (including phenoxy) is 2. The molecule has 8 heteroatoms. The minimum absolute atomic E-state index is 0. The maximum atomic E-state index is 5.91. The summed E-state index contributed by atoms with van der Waals surface area (Å²) in [5, 5.41) is 10.3. The molecule has 0 saturated carbocycles. The minimum atomic E-state index is 0. The smallest absolute Gasteiger partial charge is 0.194 e. The third kappa shape index (κ3) is 7.35. The molecule has 1 fully saturated rings. The first-order valence-electron chi connectivity index (χ1n) is 8.45. The van der Waals surface area contributed by atoms with E-state index in [9.17, 15) is 0 Å². The van der Waals surface area contributed by atoms with Crippen LogP contribution in [0.25, 0.3) is 0 Å².